The van der Waals surface area contributed by atoms with E-state index in [0.29, 0.717) is 10.9 Å². The second-order valence-corrected chi connectivity index (χ2v) is 7.52. The molecule has 2 heterocycles. The van der Waals surface area contributed by atoms with E-state index in [0.717, 1.165) is 22.6 Å². The second-order valence-electron chi connectivity index (χ2n) is 6.58. The van der Waals surface area contributed by atoms with E-state index in [1.807, 2.05) is 31.4 Å². The van der Waals surface area contributed by atoms with E-state index in [1.165, 1.54) is 11.8 Å². The third-order valence-corrected chi connectivity index (χ3v) is 5.15. The predicted molar refractivity (Wildman–Crippen MR) is 110 cm³/mol. The summed E-state index contributed by atoms with van der Waals surface area (Å²) in [5.41, 5.74) is 3.22. The van der Waals surface area contributed by atoms with Gasteiger partial charge in [0.25, 0.3) is 0 Å². The maximum absolute atomic E-state index is 12.1. The minimum Gasteiger partial charge on any atom is -0.467 e. The van der Waals surface area contributed by atoms with Gasteiger partial charge in [0.15, 0.2) is 5.16 Å². The molecule has 0 bridgehead atoms. The highest BCUT2D eigenvalue weighted by Gasteiger charge is 2.15. The number of amides is 2. The zero-order valence-corrected chi connectivity index (χ0v) is 17.4. The summed E-state index contributed by atoms with van der Waals surface area (Å²) in [6, 6.07) is 9.68. The lowest BCUT2D eigenvalue weighted by Gasteiger charge is -2.12. The normalized spacial score (nSPS) is 10.7. The number of thioether (sulfide) groups is 1. The Labute approximate surface area is 173 Å². The lowest BCUT2D eigenvalue weighted by atomic mass is 10.1. The lowest BCUT2D eigenvalue weighted by Crippen LogP contribution is -2.37. The molecule has 29 heavy (non-hydrogen) atoms. The van der Waals surface area contributed by atoms with E-state index in [1.54, 1.807) is 18.4 Å². The summed E-state index contributed by atoms with van der Waals surface area (Å²) in [6.45, 7) is 6.12. The van der Waals surface area contributed by atoms with E-state index in [2.05, 4.69) is 33.0 Å². The van der Waals surface area contributed by atoms with Crippen molar-refractivity contribution in [2.45, 2.75) is 32.5 Å². The first kappa shape index (κ1) is 20.7. The van der Waals surface area contributed by atoms with E-state index in [-0.39, 0.29) is 30.7 Å². The van der Waals surface area contributed by atoms with Crippen LogP contribution in [0.2, 0.25) is 0 Å². The van der Waals surface area contributed by atoms with Crippen molar-refractivity contribution in [2.75, 3.05) is 12.3 Å². The summed E-state index contributed by atoms with van der Waals surface area (Å²) in [5, 5.41) is 14.3. The van der Waals surface area contributed by atoms with Crippen LogP contribution in [0.4, 0.5) is 0 Å². The molecule has 0 aliphatic heterocycles. The van der Waals surface area contributed by atoms with Gasteiger partial charge in [-0.3, -0.25) is 14.2 Å². The smallest absolute Gasteiger partial charge is 0.239 e. The van der Waals surface area contributed by atoms with Crippen LogP contribution in [0.25, 0.3) is 5.69 Å². The molecule has 9 heteroatoms. The van der Waals surface area contributed by atoms with Crippen molar-refractivity contribution >= 4 is 23.6 Å². The Balaban J connectivity index is 1.53. The first-order valence-electron chi connectivity index (χ1n) is 9.12. The third kappa shape index (κ3) is 5.47. The molecule has 0 atom stereocenters. The van der Waals surface area contributed by atoms with Crippen molar-refractivity contribution in [2.24, 2.45) is 0 Å². The van der Waals surface area contributed by atoms with Crippen LogP contribution in [0.3, 0.4) is 0 Å². The molecule has 2 N–H and O–H groups in total. The molecule has 3 aromatic rings. The number of aromatic nitrogens is 3. The van der Waals surface area contributed by atoms with Gasteiger partial charge in [0.1, 0.15) is 11.6 Å². The Bertz CT molecular complexity index is 998. The average molecular weight is 414 g/mol. The maximum atomic E-state index is 12.1. The average Bonchev–Trinajstić information content (AvgIpc) is 3.34. The number of aryl methyl sites for hydroxylation is 3. The molecule has 0 aliphatic rings. The van der Waals surface area contributed by atoms with Gasteiger partial charge in [-0.2, -0.15) is 0 Å². The minimum atomic E-state index is -0.283. The third-order valence-electron chi connectivity index (χ3n) is 4.22. The summed E-state index contributed by atoms with van der Waals surface area (Å²) in [4.78, 5) is 24.0. The first-order valence-corrected chi connectivity index (χ1v) is 10.1. The van der Waals surface area contributed by atoms with Crippen LogP contribution in [-0.4, -0.2) is 38.9 Å². The molecule has 0 saturated heterocycles. The molecule has 0 spiro atoms. The fourth-order valence-electron chi connectivity index (χ4n) is 2.70. The summed E-state index contributed by atoms with van der Waals surface area (Å²) in [6.07, 6.45) is 1.54. The number of nitrogens with zero attached hydrogens (tertiary/aromatic N) is 3. The quantitative estimate of drug-likeness (QED) is 0.550. The molecule has 0 aliphatic carbocycles. The molecule has 0 fully saturated rings. The Morgan fingerprint density at radius 2 is 1.93 bits per heavy atom. The topological polar surface area (TPSA) is 102 Å². The Morgan fingerprint density at radius 3 is 2.69 bits per heavy atom. The van der Waals surface area contributed by atoms with Crippen LogP contribution in [0, 0.1) is 20.8 Å². The largest absolute Gasteiger partial charge is 0.467 e. The first-order chi connectivity index (χ1) is 13.9. The molecular formula is C20H23N5O3S. The summed E-state index contributed by atoms with van der Waals surface area (Å²) in [7, 11) is 0. The molecule has 0 radical (unpaired) electrons. The van der Waals surface area contributed by atoms with Crippen molar-refractivity contribution < 1.29 is 14.0 Å². The number of furan rings is 1. The van der Waals surface area contributed by atoms with Crippen LogP contribution in [-0.2, 0) is 16.1 Å². The van der Waals surface area contributed by atoms with Gasteiger partial charge in [0.2, 0.25) is 11.8 Å². The highest BCUT2D eigenvalue weighted by Crippen LogP contribution is 2.24. The zero-order valence-electron chi connectivity index (χ0n) is 16.6. The number of rotatable bonds is 8. The molecule has 2 aromatic heterocycles. The lowest BCUT2D eigenvalue weighted by molar-refractivity contribution is -0.124. The van der Waals surface area contributed by atoms with Gasteiger partial charge >= 0.3 is 0 Å². The van der Waals surface area contributed by atoms with Crippen molar-refractivity contribution in [1.29, 1.82) is 0 Å². The van der Waals surface area contributed by atoms with Crippen LogP contribution < -0.4 is 10.6 Å². The fraction of sp³-hybridized carbons (Fsp3) is 0.300. The molecule has 0 unspecified atom stereocenters. The van der Waals surface area contributed by atoms with Crippen LogP contribution in [0.5, 0.6) is 0 Å². The molecule has 2 amide bonds. The highest BCUT2D eigenvalue weighted by atomic mass is 32.2. The van der Waals surface area contributed by atoms with Crippen LogP contribution in [0.15, 0.2) is 46.2 Å². The van der Waals surface area contributed by atoms with Crippen molar-refractivity contribution in [1.82, 2.24) is 25.4 Å². The second kappa shape index (κ2) is 9.42. The standard InChI is InChI=1S/C20H23N5O3S/c1-13-6-7-14(2)17(9-13)25-15(3)23-24-20(25)29-12-19(27)22-11-18(26)21-10-16-5-4-8-28-16/h4-9H,10-12H2,1-3H3,(H,21,26)(H,22,27). The van der Waals surface area contributed by atoms with Gasteiger partial charge in [-0.1, -0.05) is 23.9 Å². The molecule has 152 valence electrons. The van der Waals surface area contributed by atoms with Crippen LogP contribution in [0.1, 0.15) is 22.7 Å². The minimum absolute atomic E-state index is 0.0944. The van der Waals surface area contributed by atoms with Crippen molar-refractivity contribution in [3.05, 3.63) is 59.3 Å². The van der Waals surface area contributed by atoms with E-state index >= 15 is 0 Å². The predicted octanol–water partition coefficient (Wildman–Crippen LogP) is 2.31. The fourth-order valence-corrected chi connectivity index (χ4v) is 3.52. The molecule has 3 rings (SSSR count). The van der Waals surface area contributed by atoms with E-state index in [9.17, 15) is 9.59 Å². The molecule has 8 nitrogen and oxygen atoms in total. The highest BCUT2D eigenvalue weighted by molar-refractivity contribution is 7.99. The molecular weight excluding hydrogens is 390 g/mol. The number of nitrogens with one attached hydrogen (secondary N) is 2. The number of carbonyl (C=O) groups excluding carboxylic acids is 2. The van der Waals surface area contributed by atoms with Gasteiger partial charge in [-0.25, -0.2) is 0 Å². The van der Waals surface area contributed by atoms with Crippen molar-refractivity contribution in [3.63, 3.8) is 0 Å². The zero-order chi connectivity index (χ0) is 20.8. The Morgan fingerprint density at radius 1 is 1.10 bits per heavy atom. The summed E-state index contributed by atoms with van der Waals surface area (Å²) >= 11 is 1.28. The summed E-state index contributed by atoms with van der Waals surface area (Å²) < 4.78 is 7.08. The van der Waals surface area contributed by atoms with E-state index < -0.39 is 0 Å². The van der Waals surface area contributed by atoms with E-state index in [4.69, 9.17) is 4.42 Å². The van der Waals surface area contributed by atoms with Gasteiger partial charge in [0.05, 0.1) is 30.8 Å². The SMILES string of the molecule is Cc1ccc(C)c(-n2c(C)nnc2SCC(=O)NCC(=O)NCc2ccco2)c1. The maximum Gasteiger partial charge on any atom is 0.239 e. The number of benzene rings is 1. The van der Waals surface area contributed by atoms with Gasteiger partial charge in [-0.05, 0) is 50.1 Å². The number of hydrogen-bond acceptors (Lipinski definition) is 6. The number of hydrogen-bond donors (Lipinski definition) is 2. The molecule has 1 aromatic carbocycles. The molecule has 0 saturated carbocycles. The van der Waals surface area contributed by atoms with Crippen LogP contribution >= 0.6 is 11.8 Å². The summed E-state index contributed by atoms with van der Waals surface area (Å²) in [5.74, 6) is 1.000. The van der Waals surface area contributed by atoms with Gasteiger partial charge < -0.3 is 15.1 Å². The van der Waals surface area contributed by atoms with Gasteiger partial charge in [0, 0.05) is 0 Å². The monoisotopic (exact) mass is 413 g/mol. The van der Waals surface area contributed by atoms with Gasteiger partial charge in [-0.15, -0.1) is 10.2 Å². The Kier molecular flexibility index (Phi) is 6.71. The Hall–Kier alpha value is -3.07. The van der Waals surface area contributed by atoms with Crippen molar-refractivity contribution in [3.8, 4) is 5.69 Å². The number of carbonyl (C=O) groups is 2.